The molecule has 6 nitrogen and oxygen atoms in total. The van der Waals surface area contributed by atoms with Crippen LogP contribution in [0.25, 0.3) is 0 Å². The molecule has 0 aliphatic rings. The molecular formula is C14H28ClNO5S. The molecule has 0 saturated heterocycles. The van der Waals surface area contributed by atoms with Crippen molar-refractivity contribution in [3.05, 3.63) is 0 Å². The van der Waals surface area contributed by atoms with Crippen LogP contribution in [-0.4, -0.2) is 63.8 Å². The van der Waals surface area contributed by atoms with E-state index in [0.29, 0.717) is 13.2 Å². The molecule has 0 heterocycles. The lowest BCUT2D eigenvalue weighted by molar-refractivity contribution is 0.0108. The summed E-state index contributed by atoms with van der Waals surface area (Å²) in [6, 6.07) is -0.0397. The molecular weight excluding hydrogens is 330 g/mol. The third kappa shape index (κ3) is 8.19. The van der Waals surface area contributed by atoms with E-state index < -0.39 is 27.4 Å². The Morgan fingerprint density at radius 3 is 2.36 bits per heavy atom. The number of hydrogen-bond acceptors (Lipinski definition) is 5. The van der Waals surface area contributed by atoms with Crippen molar-refractivity contribution in [1.82, 2.24) is 4.90 Å². The van der Waals surface area contributed by atoms with Gasteiger partial charge in [-0.2, -0.15) is 0 Å². The zero-order chi connectivity index (χ0) is 17.4. The van der Waals surface area contributed by atoms with Gasteiger partial charge in [-0.25, -0.2) is 13.2 Å². The van der Waals surface area contributed by atoms with Crippen molar-refractivity contribution in [2.75, 3.05) is 38.3 Å². The lowest BCUT2D eigenvalue weighted by Crippen LogP contribution is -2.43. The lowest BCUT2D eigenvalue weighted by Gasteiger charge is -2.34. The highest BCUT2D eigenvalue weighted by molar-refractivity contribution is 7.90. The van der Waals surface area contributed by atoms with Crippen LogP contribution in [-0.2, 0) is 19.3 Å². The Balaban J connectivity index is 5.07. The molecule has 0 aromatic heterocycles. The minimum absolute atomic E-state index is 0.0397. The molecule has 1 amide bonds. The first kappa shape index (κ1) is 21.5. The zero-order valence-corrected chi connectivity index (χ0v) is 15.7. The number of carbonyl (C=O) groups is 1. The normalized spacial score (nSPS) is 13.7. The highest BCUT2D eigenvalue weighted by Gasteiger charge is 2.35. The number of alkyl halides is 1. The number of rotatable bonds is 10. The van der Waals surface area contributed by atoms with Gasteiger partial charge in [-0.1, -0.05) is 27.2 Å². The van der Waals surface area contributed by atoms with Crippen molar-refractivity contribution in [2.24, 2.45) is 5.41 Å². The van der Waals surface area contributed by atoms with Gasteiger partial charge in [-0.05, 0) is 6.42 Å². The van der Waals surface area contributed by atoms with Crippen molar-refractivity contribution in [1.29, 1.82) is 0 Å². The van der Waals surface area contributed by atoms with E-state index in [-0.39, 0.29) is 11.8 Å². The van der Waals surface area contributed by atoms with Crippen LogP contribution in [0.1, 0.15) is 33.6 Å². The molecule has 1 unspecified atom stereocenters. The number of carbonyl (C=O) groups excluding carboxylic acids is 1. The van der Waals surface area contributed by atoms with Crippen molar-refractivity contribution < 1.29 is 22.7 Å². The van der Waals surface area contributed by atoms with Crippen molar-refractivity contribution in [2.45, 2.75) is 39.7 Å². The minimum atomic E-state index is -3.27. The predicted octanol–water partition coefficient (Wildman–Crippen LogP) is 2.51. The molecule has 0 N–H and O–H groups in total. The van der Waals surface area contributed by atoms with Gasteiger partial charge in [-0.15, -0.1) is 11.6 Å². The fourth-order valence-electron chi connectivity index (χ4n) is 2.10. The van der Waals surface area contributed by atoms with Crippen LogP contribution in [0.4, 0.5) is 4.79 Å². The molecule has 8 heteroatoms. The van der Waals surface area contributed by atoms with Crippen LogP contribution in [0.2, 0.25) is 0 Å². The molecule has 0 aliphatic heterocycles. The molecule has 0 radical (unpaired) electrons. The number of hydrogen-bond donors (Lipinski definition) is 0. The van der Waals surface area contributed by atoms with Gasteiger partial charge < -0.3 is 9.47 Å². The number of amides is 1. The SMILES string of the molecule is CCCC(C)(C)C(CS(C)(=O)=O)OC(=O)N(CCl)CCOC. The Kier molecular flexibility index (Phi) is 9.34. The van der Waals surface area contributed by atoms with Gasteiger partial charge in [0.1, 0.15) is 6.10 Å². The quantitative estimate of drug-likeness (QED) is 0.443. The summed E-state index contributed by atoms with van der Waals surface area (Å²) < 4.78 is 33.6. The fourth-order valence-corrected chi connectivity index (χ4v) is 3.38. The fraction of sp³-hybridized carbons (Fsp3) is 0.929. The Bertz CT molecular complexity index is 439. The molecule has 0 aliphatic carbocycles. The maximum absolute atomic E-state index is 12.2. The highest BCUT2D eigenvalue weighted by Crippen LogP contribution is 2.30. The standard InChI is InChI=1S/C14H28ClNO5S/c1-6-7-14(2,3)12(10-22(5,18)19)21-13(17)16(11-15)8-9-20-4/h12H,6-11H2,1-5H3. The first-order chi connectivity index (χ1) is 10.1. The van der Waals surface area contributed by atoms with Gasteiger partial charge in [0.15, 0.2) is 9.84 Å². The summed E-state index contributed by atoms with van der Waals surface area (Å²) in [5.41, 5.74) is -0.438. The van der Waals surface area contributed by atoms with Gasteiger partial charge in [-0.3, -0.25) is 4.90 Å². The molecule has 0 bridgehead atoms. The summed E-state index contributed by atoms with van der Waals surface area (Å²) in [6.07, 6.45) is 1.42. The van der Waals surface area contributed by atoms with Crippen molar-refractivity contribution >= 4 is 27.5 Å². The van der Waals surface area contributed by atoms with E-state index in [1.54, 1.807) is 0 Å². The van der Waals surface area contributed by atoms with Crippen molar-refractivity contribution in [3.63, 3.8) is 0 Å². The first-order valence-electron chi connectivity index (χ1n) is 7.25. The van der Waals surface area contributed by atoms with Crippen LogP contribution in [0, 0.1) is 5.41 Å². The van der Waals surface area contributed by atoms with Gasteiger partial charge >= 0.3 is 6.09 Å². The minimum Gasteiger partial charge on any atom is -0.444 e. The molecule has 1 atom stereocenters. The number of nitrogens with zero attached hydrogens (tertiary/aromatic N) is 1. The van der Waals surface area contributed by atoms with Crippen molar-refractivity contribution in [3.8, 4) is 0 Å². The van der Waals surface area contributed by atoms with E-state index in [2.05, 4.69) is 0 Å². The monoisotopic (exact) mass is 357 g/mol. The third-order valence-corrected chi connectivity index (χ3v) is 4.63. The average Bonchev–Trinajstić information content (AvgIpc) is 2.37. The summed E-state index contributed by atoms with van der Waals surface area (Å²) in [4.78, 5) is 13.5. The number of methoxy groups -OCH3 is 1. The van der Waals surface area contributed by atoms with E-state index in [1.807, 2.05) is 20.8 Å². The van der Waals surface area contributed by atoms with E-state index in [9.17, 15) is 13.2 Å². The van der Waals surface area contributed by atoms with Crippen LogP contribution >= 0.6 is 11.6 Å². The van der Waals surface area contributed by atoms with Crippen LogP contribution in [0.15, 0.2) is 0 Å². The zero-order valence-electron chi connectivity index (χ0n) is 14.1. The predicted molar refractivity (Wildman–Crippen MR) is 88.0 cm³/mol. The second kappa shape index (κ2) is 9.57. The number of sulfone groups is 1. The van der Waals surface area contributed by atoms with Crippen LogP contribution in [0.5, 0.6) is 0 Å². The summed E-state index contributed by atoms with van der Waals surface area (Å²) in [5.74, 6) is -0.202. The molecule has 0 fully saturated rings. The Morgan fingerprint density at radius 2 is 1.95 bits per heavy atom. The Hall–Kier alpha value is -0.530. The largest absolute Gasteiger partial charge is 0.444 e. The van der Waals surface area contributed by atoms with Crippen LogP contribution in [0.3, 0.4) is 0 Å². The van der Waals surface area contributed by atoms with Crippen LogP contribution < -0.4 is 0 Å². The lowest BCUT2D eigenvalue weighted by atomic mass is 9.83. The van der Waals surface area contributed by atoms with Gasteiger partial charge in [0, 0.05) is 25.3 Å². The van der Waals surface area contributed by atoms with E-state index >= 15 is 0 Å². The summed E-state index contributed by atoms with van der Waals surface area (Å²) in [7, 11) is -1.75. The summed E-state index contributed by atoms with van der Waals surface area (Å²) in [5, 5.41) is 0. The van der Waals surface area contributed by atoms with Gasteiger partial charge in [0.2, 0.25) is 0 Å². The summed E-state index contributed by atoms with van der Waals surface area (Å²) >= 11 is 5.74. The maximum atomic E-state index is 12.2. The van der Waals surface area contributed by atoms with E-state index in [0.717, 1.165) is 19.1 Å². The number of ether oxygens (including phenoxy) is 2. The Labute approximate surface area is 139 Å². The smallest absolute Gasteiger partial charge is 0.411 e. The van der Waals surface area contributed by atoms with Gasteiger partial charge in [0.25, 0.3) is 0 Å². The second-order valence-corrected chi connectivity index (χ2v) is 8.50. The molecule has 0 saturated carbocycles. The average molecular weight is 358 g/mol. The molecule has 0 rings (SSSR count). The van der Waals surface area contributed by atoms with Gasteiger partial charge in [0.05, 0.1) is 18.4 Å². The molecule has 0 aromatic carbocycles. The molecule has 0 spiro atoms. The van der Waals surface area contributed by atoms with E-state index in [4.69, 9.17) is 21.1 Å². The molecule has 22 heavy (non-hydrogen) atoms. The number of halogens is 1. The topological polar surface area (TPSA) is 72.9 Å². The third-order valence-electron chi connectivity index (χ3n) is 3.43. The molecule has 132 valence electrons. The second-order valence-electron chi connectivity index (χ2n) is 6.08. The Morgan fingerprint density at radius 1 is 1.36 bits per heavy atom. The summed E-state index contributed by atoms with van der Waals surface area (Å²) in [6.45, 7) is 6.43. The first-order valence-corrected chi connectivity index (χ1v) is 9.85. The maximum Gasteiger partial charge on any atom is 0.411 e. The highest BCUT2D eigenvalue weighted by atomic mass is 35.5. The van der Waals surface area contributed by atoms with E-state index in [1.165, 1.54) is 12.0 Å². The molecule has 0 aromatic rings.